The van der Waals surface area contributed by atoms with E-state index in [1.165, 1.54) is 5.56 Å². The van der Waals surface area contributed by atoms with Gasteiger partial charge in [-0.3, -0.25) is 0 Å². The first kappa shape index (κ1) is 14.3. The van der Waals surface area contributed by atoms with Crippen LogP contribution < -0.4 is 0 Å². The highest BCUT2D eigenvalue weighted by molar-refractivity contribution is 9.13. The van der Waals surface area contributed by atoms with E-state index >= 15 is 0 Å². The minimum absolute atomic E-state index is 0.515. The van der Waals surface area contributed by atoms with Crippen molar-refractivity contribution in [1.29, 1.82) is 0 Å². The van der Waals surface area contributed by atoms with E-state index in [1.54, 1.807) is 11.3 Å². The first-order chi connectivity index (χ1) is 8.49. The predicted molar refractivity (Wildman–Crippen MR) is 84.3 cm³/mol. The van der Waals surface area contributed by atoms with Crippen molar-refractivity contribution in [3.8, 4) is 0 Å². The van der Waals surface area contributed by atoms with Crippen molar-refractivity contribution in [2.75, 3.05) is 0 Å². The van der Waals surface area contributed by atoms with E-state index in [-0.39, 0.29) is 0 Å². The number of thiophene rings is 1. The van der Waals surface area contributed by atoms with Crippen molar-refractivity contribution in [2.45, 2.75) is 25.9 Å². The zero-order valence-corrected chi connectivity index (χ0v) is 14.1. The van der Waals surface area contributed by atoms with E-state index in [2.05, 4.69) is 57.8 Å². The largest absolute Gasteiger partial charge is 0.383 e. The second-order valence-electron chi connectivity index (χ2n) is 4.49. The molecule has 1 unspecified atom stereocenters. The lowest BCUT2D eigenvalue weighted by atomic mass is 9.99. The number of halogens is 2. The highest BCUT2D eigenvalue weighted by Gasteiger charge is 2.15. The first-order valence-electron chi connectivity index (χ1n) is 5.71. The summed E-state index contributed by atoms with van der Waals surface area (Å²) < 4.78 is 2.00. The predicted octanol–water partition coefficient (Wildman–Crippen LogP) is 5.48. The monoisotopic (exact) mass is 388 g/mol. The van der Waals surface area contributed by atoms with Gasteiger partial charge in [-0.15, -0.1) is 11.3 Å². The van der Waals surface area contributed by atoms with Crippen molar-refractivity contribution >= 4 is 43.2 Å². The average molecular weight is 390 g/mol. The van der Waals surface area contributed by atoms with Crippen LogP contribution in [0.4, 0.5) is 0 Å². The molecule has 2 aromatic rings. The van der Waals surface area contributed by atoms with Gasteiger partial charge in [0.15, 0.2) is 0 Å². The van der Waals surface area contributed by atoms with Crippen LogP contribution in [0, 0.1) is 0 Å². The first-order valence-corrected chi connectivity index (χ1v) is 8.12. The molecule has 18 heavy (non-hydrogen) atoms. The van der Waals surface area contributed by atoms with Crippen LogP contribution in [0.25, 0.3) is 0 Å². The maximum atomic E-state index is 10.3. The third kappa shape index (κ3) is 3.05. The summed E-state index contributed by atoms with van der Waals surface area (Å²) in [6.45, 7) is 4.33. The van der Waals surface area contributed by atoms with E-state index in [0.29, 0.717) is 5.92 Å². The summed E-state index contributed by atoms with van der Waals surface area (Å²) in [5.74, 6) is 0.515. The molecule has 0 radical (unpaired) electrons. The molecule has 1 N–H and O–H groups in total. The van der Waals surface area contributed by atoms with Gasteiger partial charge in [0, 0.05) is 9.35 Å². The Kier molecular flexibility index (Phi) is 4.64. The van der Waals surface area contributed by atoms with E-state index in [4.69, 9.17) is 0 Å². The molecule has 1 aromatic carbocycles. The molecule has 1 nitrogen and oxygen atoms in total. The van der Waals surface area contributed by atoms with Gasteiger partial charge in [-0.1, -0.05) is 38.1 Å². The Morgan fingerprint density at radius 1 is 1.06 bits per heavy atom. The zero-order valence-electron chi connectivity index (χ0n) is 10.2. The lowest BCUT2D eigenvalue weighted by Gasteiger charge is -2.11. The average Bonchev–Trinajstić information content (AvgIpc) is 2.69. The number of aliphatic hydroxyl groups excluding tert-OH is 1. The van der Waals surface area contributed by atoms with Crippen molar-refractivity contribution in [3.05, 3.63) is 54.6 Å². The van der Waals surface area contributed by atoms with Crippen LogP contribution in [0.5, 0.6) is 0 Å². The van der Waals surface area contributed by atoms with Gasteiger partial charge in [-0.2, -0.15) is 0 Å². The van der Waals surface area contributed by atoms with Gasteiger partial charge in [0.05, 0.1) is 3.79 Å². The number of aliphatic hydroxyl groups is 1. The molecular formula is C14H14Br2OS. The molecule has 1 heterocycles. The Hall–Kier alpha value is -0.160. The molecule has 0 amide bonds. The van der Waals surface area contributed by atoms with Crippen LogP contribution >= 0.6 is 43.2 Å². The zero-order chi connectivity index (χ0) is 13.3. The summed E-state index contributed by atoms with van der Waals surface area (Å²) in [6.07, 6.45) is -0.557. The molecule has 0 fully saturated rings. The fraction of sp³-hybridized carbons (Fsp3) is 0.286. The summed E-state index contributed by atoms with van der Waals surface area (Å²) in [5.41, 5.74) is 2.22. The molecule has 1 atom stereocenters. The van der Waals surface area contributed by atoms with Gasteiger partial charge in [-0.25, -0.2) is 0 Å². The van der Waals surface area contributed by atoms with Crippen LogP contribution in [0.3, 0.4) is 0 Å². The number of hydrogen-bond acceptors (Lipinski definition) is 2. The van der Waals surface area contributed by atoms with Crippen molar-refractivity contribution in [3.63, 3.8) is 0 Å². The quantitative estimate of drug-likeness (QED) is 0.736. The molecule has 0 aliphatic carbocycles. The number of rotatable bonds is 3. The van der Waals surface area contributed by atoms with Gasteiger partial charge < -0.3 is 5.11 Å². The van der Waals surface area contributed by atoms with Crippen LogP contribution in [0.2, 0.25) is 0 Å². The molecule has 0 saturated heterocycles. The Morgan fingerprint density at radius 2 is 1.61 bits per heavy atom. The molecule has 96 valence electrons. The van der Waals surface area contributed by atoms with Crippen LogP contribution in [0.15, 0.2) is 38.6 Å². The summed E-state index contributed by atoms with van der Waals surface area (Å²) in [6, 6.07) is 10.1. The molecule has 0 spiro atoms. The number of hydrogen-bond donors (Lipinski definition) is 1. The lowest BCUT2D eigenvalue weighted by molar-refractivity contribution is 0.224. The molecule has 1 aromatic heterocycles. The van der Waals surface area contributed by atoms with Crippen molar-refractivity contribution < 1.29 is 5.11 Å². The minimum Gasteiger partial charge on any atom is -0.383 e. The Morgan fingerprint density at radius 3 is 2.06 bits per heavy atom. The smallest absolute Gasteiger partial charge is 0.113 e. The van der Waals surface area contributed by atoms with Crippen LogP contribution in [-0.2, 0) is 0 Å². The van der Waals surface area contributed by atoms with Crippen molar-refractivity contribution in [1.82, 2.24) is 0 Å². The Labute approximate surface area is 128 Å². The van der Waals surface area contributed by atoms with Gasteiger partial charge in [0.25, 0.3) is 0 Å². The normalized spacial score (nSPS) is 13.0. The lowest BCUT2D eigenvalue weighted by Crippen LogP contribution is -1.97. The Bertz CT molecular complexity index is 512. The van der Waals surface area contributed by atoms with Crippen molar-refractivity contribution in [2.24, 2.45) is 0 Å². The number of benzene rings is 1. The second kappa shape index (κ2) is 5.87. The van der Waals surface area contributed by atoms with Crippen LogP contribution in [-0.4, -0.2) is 5.11 Å². The highest BCUT2D eigenvalue weighted by atomic mass is 79.9. The van der Waals surface area contributed by atoms with Gasteiger partial charge >= 0.3 is 0 Å². The maximum absolute atomic E-state index is 10.3. The molecule has 0 bridgehead atoms. The van der Waals surface area contributed by atoms with E-state index < -0.39 is 6.10 Å². The van der Waals surface area contributed by atoms with E-state index in [0.717, 1.165) is 18.7 Å². The molecule has 0 aliphatic rings. The maximum Gasteiger partial charge on any atom is 0.113 e. The van der Waals surface area contributed by atoms with E-state index in [9.17, 15) is 5.11 Å². The van der Waals surface area contributed by atoms with Crippen LogP contribution in [0.1, 0.15) is 41.9 Å². The topological polar surface area (TPSA) is 20.2 Å². The molecule has 2 rings (SSSR count). The molecule has 0 saturated carbocycles. The molecule has 0 aliphatic heterocycles. The fourth-order valence-electron chi connectivity index (χ4n) is 1.73. The Balaban J connectivity index is 2.25. The molecule has 4 heteroatoms. The summed E-state index contributed by atoms with van der Waals surface area (Å²) in [7, 11) is 0. The third-order valence-electron chi connectivity index (χ3n) is 2.85. The second-order valence-corrected chi connectivity index (χ2v) is 7.75. The minimum atomic E-state index is -0.557. The standard InChI is InChI=1S/C14H14Br2OS/c1-8(2)9-3-5-10(6-4-9)13(17)12-7-11(15)14(16)18-12/h3-8,13,17H,1-2H3. The van der Waals surface area contributed by atoms with E-state index in [1.807, 2.05) is 18.2 Å². The molecular weight excluding hydrogens is 376 g/mol. The van der Waals surface area contributed by atoms with Gasteiger partial charge in [-0.05, 0) is 55.0 Å². The summed E-state index contributed by atoms with van der Waals surface area (Å²) >= 11 is 8.44. The summed E-state index contributed by atoms with van der Waals surface area (Å²) in [4.78, 5) is 0.936. The highest BCUT2D eigenvalue weighted by Crippen LogP contribution is 2.37. The SMILES string of the molecule is CC(C)c1ccc(C(O)c2cc(Br)c(Br)s2)cc1. The fourth-order valence-corrected chi connectivity index (χ4v) is 3.83. The third-order valence-corrected chi connectivity index (χ3v) is 6.16. The summed E-state index contributed by atoms with van der Waals surface area (Å²) in [5, 5.41) is 10.3. The van der Waals surface area contributed by atoms with Gasteiger partial charge in [0.2, 0.25) is 0 Å². The van der Waals surface area contributed by atoms with Gasteiger partial charge in [0.1, 0.15) is 6.10 Å².